The number of aliphatic imine (C=N–C) groups is 1. The van der Waals surface area contributed by atoms with Crippen molar-refractivity contribution in [2.75, 3.05) is 7.11 Å². The number of benzene rings is 2. The molecule has 0 fully saturated rings. The molecule has 1 heterocycles. The summed E-state index contributed by atoms with van der Waals surface area (Å²) in [6.07, 6.45) is 3.71. The van der Waals surface area contributed by atoms with Crippen LogP contribution < -0.4 is 4.74 Å². The van der Waals surface area contributed by atoms with Crippen molar-refractivity contribution in [2.24, 2.45) is 12.0 Å². The van der Waals surface area contributed by atoms with E-state index in [1.807, 2.05) is 60.6 Å². The highest BCUT2D eigenvalue weighted by atomic mass is 16.5. The molecule has 21 heavy (non-hydrogen) atoms. The van der Waals surface area contributed by atoms with Crippen molar-refractivity contribution in [3.63, 3.8) is 0 Å². The van der Waals surface area contributed by atoms with Crippen LogP contribution in [0.15, 0.2) is 53.8 Å². The van der Waals surface area contributed by atoms with Gasteiger partial charge in [-0.05, 0) is 23.8 Å². The number of aryl methyl sites for hydroxylation is 1. The summed E-state index contributed by atoms with van der Waals surface area (Å²) in [6.45, 7) is 0.605. The van der Waals surface area contributed by atoms with E-state index < -0.39 is 0 Å². The van der Waals surface area contributed by atoms with Gasteiger partial charge in [0.1, 0.15) is 5.75 Å². The summed E-state index contributed by atoms with van der Waals surface area (Å²) in [5.41, 5.74) is 4.26. The molecule has 0 saturated carbocycles. The first-order chi connectivity index (χ1) is 10.3. The van der Waals surface area contributed by atoms with E-state index in [4.69, 9.17) is 4.74 Å². The Morgan fingerprint density at radius 2 is 2.10 bits per heavy atom. The lowest BCUT2D eigenvalue weighted by molar-refractivity contribution is 0.410. The Labute approximate surface area is 123 Å². The maximum atomic E-state index is 5.33. The zero-order valence-corrected chi connectivity index (χ0v) is 12.2. The minimum Gasteiger partial charge on any atom is -0.496 e. The predicted molar refractivity (Wildman–Crippen MR) is 85.0 cm³/mol. The Balaban J connectivity index is 1.79. The fourth-order valence-corrected chi connectivity index (χ4v) is 2.31. The van der Waals surface area contributed by atoms with Gasteiger partial charge in [0, 0.05) is 18.8 Å². The number of imidazole rings is 1. The highest BCUT2D eigenvalue weighted by Crippen LogP contribution is 2.18. The molecule has 0 spiro atoms. The zero-order valence-electron chi connectivity index (χ0n) is 12.2. The van der Waals surface area contributed by atoms with Crippen LogP contribution in [0.2, 0.25) is 0 Å². The monoisotopic (exact) mass is 279 g/mol. The average molecular weight is 279 g/mol. The van der Waals surface area contributed by atoms with Crippen LogP contribution in [0.1, 0.15) is 11.1 Å². The van der Waals surface area contributed by atoms with Crippen molar-refractivity contribution in [1.82, 2.24) is 9.55 Å². The SMILES string of the molecule is COc1ccccc1C/N=C\c1ccc2ncn(C)c2c1. The lowest BCUT2D eigenvalue weighted by Crippen LogP contribution is -1.91. The summed E-state index contributed by atoms with van der Waals surface area (Å²) in [6, 6.07) is 14.1. The van der Waals surface area contributed by atoms with E-state index in [1.165, 1.54) is 0 Å². The van der Waals surface area contributed by atoms with Gasteiger partial charge in [-0.15, -0.1) is 0 Å². The number of para-hydroxylation sites is 1. The number of ether oxygens (including phenoxy) is 1. The van der Waals surface area contributed by atoms with Gasteiger partial charge in [-0.1, -0.05) is 24.3 Å². The van der Waals surface area contributed by atoms with Crippen LogP contribution in [0, 0.1) is 0 Å². The van der Waals surface area contributed by atoms with Crippen LogP contribution in [0.3, 0.4) is 0 Å². The van der Waals surface area contributed by atoms with Crippen molar-refractivity contribution >= 4 is 17.2 Å². The van der Waals surface area contributed by atoms with Crippen LogP contribution in [-0.2, 0) is 13.6 Å². The van der Waals surface area contributed by atoms with Gasteiger partial charge in [0.2, 0.25) is 0 Å². The van der Waals surface area contributed by atoms with E-state index in [2.05, 4.69) is 16.0 Å². The molecule has 3 rings (SSSR count). The molecule has 0 saturated heterocycles. The van der Waals surface area contributed by atoms with Gasteiger partial charge in [0.25, 0.3) is 0 Å². The standard InChI is InChI=1S/C17H17N3O/c1-20-12-19-15-8-7-13(9-16(15)20)10-18-11-14-5-3-4-6-17(14)21-2/h3-10,12H,11H2,1-2H3/b18-10-. The second kappa shape index (κ2) is 5.79. The van der Waals surface area contributed by atoms with Crippen molar-refractivity contribution in [1.29, 1.82) is 0 Å². The summed E-state index contributed by atoms with van der Waals surface area (Å²) in [4.78, 5) is 8.82. The Hall–Kier alpha value is -2.62. The van der Waals surface area contributed by atoms with E-state index in [9.17, 15) is 0 Å². The molecule has 0 N–H and O–H groups in total. The fraction of sp³-hybridized carbons (Fsp3) is 0.176. The number of hydrogen-bond donors (Lipinski definition) is 0. The second-order valence-electron chi connectivity index (χ2n) is 4.89. The van der Waals surface area contributed by atoms with Crippen LogP contribution in [-0.4, -0.2) is 22.9 Å². The van der Waals surface area contributed by atoms with E-state index >= 15 is 0 Å². The summed E-state index contributed by atoms with van der Waals surface area (Å²) in [5.74, 6) is 0.872. The molecule has 0 aliphatic carbocycles. The first kappa shape index (κ1) is 13.4. The molecule has 0 bridgehead atoms. The Morgan fingerprint density at radius 3 is 2.95 bits per heavy atom. The molecule has 0 aliphatic heterocycles. The normalized spacial score (nSPS) is 11.3. The molecule has 0 unspecified atom stereocenters. The molecule has 0 amide bonds. The quantitative estimate of drug-likeness (QED) is 0.688. The smallest absolute Gasteiger partial charge is 0.123 e. The third-order valence-corrected chi connectivity index (χ3v) is 3.44. The minimum atomic E-state index is 0.605. The number of aromatic nitrogens is 2. The molecule has 3 aromatic rings. The lowest BCUT2D eigenvalue weighted by atomic mass is 10.2. The van der Waals surface area contributed by atoms with Crippen LogP contribution >= 0.6 is 0 Å². The van der Waals surface area contributed by atoms with Crippen LogP contribution in [0.4, 0.5) is 0 Å². The fourth-order valence-electron chi connectivity index (χ4n) is 2.31. The Bertz CT molecular complexity index is 790. The Morgan fingerprint density at radius 1 is 1.24 bits per heavy atom. The van der Waals surface area contributed by atoms with Crippen molar-refractivity contribution in [3.8, 4) is 5.75 Å². The number of methoxy groups -OCH3 is 1. The Kier molecular flexibility index (Phi) is 3.69. The number of nitrogens with zero attached hydrogens (tertiary/aromatic N) is 3. The number of hydrogen-bond acceptors (Lipinski definition) is 3. The number of fused-ring (bicyclic) bond motifs is 1. The molecule has 0 atom stereocenters. The molecule has 1 aromatic heterocycles. The average Bonchev–Trinajstić information content (AvgIpc) is 2.89. The molecule has 106 valence electrons. The largest absolute Gasteiger partial charge is 0.496 e. The molecular weight excluding hydrogens is 262 g/mol. The molecule has 0 aliphatic rings. The highest BCUT2D eigenvalue weighted by Gasteiger charge is 2.01. The van der Waals surface area contributed by atoms with E-state index in [1.54, 1.807) is 7.11 Å². The summed E-state index contributed by atoms with van der Waals surface area (Å²) >= 11 is 0. The van der Waals surface area contributed by atoms with Gasteiger partial charge in [-0.3, -0.25) is 4.99 Å². The maximum Gasteiger partial charge on any atom is 0.123 e. The molecule has 2 aromatic carbocycles. The molecular formula is C17H17N3O. The van der Waals surface area contributed by atoms with E-state index in [-0.39, 0.29) is 0 Å². The summed E-state index contributed by atoms with van der Waals surface area (Å²) < 4.78 is 7.33. The van der Waals surface area contributed by atoms with Crippen LogP contribution in [0.5, 0.6) is 5.75 Å². The minimum absolute atomic E-state index is 0.605. The van der Waals surface area contributed by atoms with Gasteiger partial charge in [0.05, 0.1) is 31.0 Å². The van der Waals surface area contributed by atoms with E-state index in [0.29, 0.717) is 6.54 Å². The summed E-state index contributed by atoms with van der Waals surface area (Å²) in [7, 11) is 3.67. The zero-order chi connectivity index (χ0) is 14.7. The maximum absolute atomic E-state index is 5.33. The number of rotatable bonds is 4. The van der Waals surface area contributed by atoms with Gasteiger partial charge in [-0.25, -0.2) is 4.98 Å². The first-order valence-corrected chi connectivity index (χ1v) is 6.81. The van der Waals surface area contributed by atoms with Crippen molar-refractivity contribution in [2.45, 2.75) is 6.54 Å². The second-order valence-corrected chi connectivity index (χ2v) is 4.89. The van der Waals surface area contributed by atoms with Gasteiger partial charge in [0.15, 0.2) is 0 Å². The molecule has 4 nitrogen and oxygen atoms in total. The van der Waals surface area contributed by atoms with E-state index in [0.717, 1.165) is 27.9 Å². The third-order valence-electron chi connectivity index (χ3n) is 3.44. The predicted octanol–water partition coefficient (Wildman–Crippen LogP) is 3.20. The van der Waals surface area contributed by atoms with Gasteiger partial charge >= 0.3 is 0 Å². The first-order valence-electron chi connectivity index (χ1n) is 6.81. The van der Waals surface area contributed by atoms with Crippen LogP contribution in [0.25, 0.3) is 11.0 Å². The lowest BCUT2D eigenvalue weighted by Gasteiger charge is -2.04. The molecule has 4 heteroatoms. The highest BCUT2D eigenvalue weighted by molar-refractivity contribution is 5.87. The topological polar surface area (TPSA) is 39.4 Å². The third kappa shape index (κ3) is 2.79. The van der Waals surface area contributed by atoms with Crippen molar-refractivity contribution < 1.29 is 4.74 Å². The molecule has 0 radical (unpaired) electrons. The van der Waals surface area contributed by atoms with Gasteiger partial charge in [-0.2, -0.15) is 0 Å². The van der Waals surface area contributed by atoms with Crippen molar-refractivity contribution in [3.05, 3.63) is 59.9 Å². The summed E-state index contributed by atoms with van der Waals surface area (Å²) in [5, 5.41) is 0. The van der Waals surface area contributed by atoms with Gasteiger partial charge < -0.3 is 9.30 Å².